The van der Waals surface area contributed by atoms with Gasteiger partial charge < -0.3 is 5.73 Å². The van der Waals surface area contributed by atoms with E-state index in [9.17, 15) is 0 Å². The molecule has 0 unspecified atom stereocenters. The Bertz CT molecular complexity index is 2820. The first-order valence-electron chi connectivity index (χ1n) is 19.2. The van der Waals surface area contributed by atoms with E-state index in [0.717, 1.165) is 61.0 Å². The minimum absolute atomic E-state index is 0.417. The Kier molecular flexibility index (Phi) is 10.2. The zero-order valence-electron chi connectivity index (χ0n) is 31.7. The van der Waals surface area contributed by atoms with Crippen LogP contribution < -0.4 is 5.73 Å². The van der Waals surface area contributed by atoms with Crippen molar-refractivity contribution in [2.24, 2.45) is 15.7 Å². The van der Waals surface area contributed by atoms with Crippen LogP contribution in [0.2, 0.25) is 0 Å². The molecule has 0 saturated heterocycles. The number of rotatable bonds is 9. The van der Waals surface area contributed by atoms with Crippen molar-refractivity contribution in [3.8, 4) is 56.4 Å². The van der Waals surface area contributed by atoms with Crippen molar-refractivity contribution in [1.82, 2.24) is 15.0 Å². The number of amidine groups is 2. The minimum Gasteiger partial charge on any atom is -0.383 e. The van der Waals surface area contributed by atoms with Crippen LogP contribution in [-0.2, 0) is 6.54 Å². The molecule has 1 aromatic heterocycles. The van der Waals surface area contributed by atoms with Crippen molar-refractivity contribution in [2.45, 2.75) is 6.54 Å². The second-order valence-corrected chi connectivity index (χ2v) is 14.0. The summed E-state index contributed by atoms with van der Waals surface area (Å²) in [6.07, 6.45) is 0. The molecule has 8 aromatic carbocycles. The van der Waals surface area contributed by atoms with Crippen LogP contribution in [0.1, 0.15) is 16.7 Å². The van der Waals surface area contributed by atoms with Crippen LogP contribution in [0.25, 0.3) is 67.2 Å². The van der Waals surface area contributed by atoms with Gasteiger partial charge in [-0.15, -0.1) is 0 Å². The Hall–Kier alpha value is -7.83. The number of nitrogens with zero attached hydrogens (tertiary/aromatic N) is 5. The largest absolute Gasteiger partial charge is 0.383 e. The zero-order valence-corrected chi connectivity index (χ0v) is 31.7. The van der Waals surface area contributed by atoms with Gasteiger partial charge >= 0.3 is 0 Å². The van der Waals surface area contributed by atoms with Gasteiger partial charge in [-0.1, -0.05) is 194 Å². The highest BCUT2D eigenvalue weighted by molar-refractivity contribution is 6.11. The lowest BCUT2D eigenvalue weighted by Crippen LogP contribution is -2.16. The summed E-state index contributed by atoms with van der Waals surface area (Å²) in [7, 11) is 0. The second-order valence-electron chi connectivity index (χ2n) is 14.0. The molecule has 276 valence electrons. The molecule has 0 aliphatic heterocycles. The van der Waals surface area contributed by atoms with E-state index in [1.54, 1.807) is 0 Å². The molecule has 0 amide bonds. The number of aromatic nitrogens is 3. The molecule has 0 aliphatic carbocycles. The van der Waals surface area contributed by atoms with Gasteiger partial charge in [-0.05, 0) is 50.7 Å². The van der Waals surface area contributed by atoms with Gasteiger partial charge in [-0.25, -0.2) is 19.9 Å². The van der Waals surface area contributed by atoms with Gasteiger partial charge in [0.2, 0.25) is 0 Å². The number of benzene rings is 8. The van der Waals surface area contributed by atoms with Crippen LogP contribution in [0.5, 0.6) is 0 Å². The van der Waals surface area contributed by atoms with E-state index in [-0.39, 0.29) is 0 Å². The van der Waals surface area contributed by atoms with Crippen LogP contribution in [0.4, 0.5) is 0 Å². The van der Waals surface area contributed by atoms with Crippen molar-refractivity contribution in [3.05, 3.63) is 223 Å². The quantitative estimate of drug-likeness (QED) is 0.118. The normalized spacial score (nSPS) is 11.8. The molecule has 0 radical (unpaired) electrons. The summed E-state index contributed by atoms with van der Waals surface area (Å²) in [5.41, 5.74) is 16.7. The lowest BCUT2D eigenvalue weighted by molar-refractivity contribution is 1.06. The lowest BCUT2D eigenvalue weighted by Gasteiger charge is -2.10. The molecular weight excluding hydrogens is 709 g/mol. The van der Waals surface area contributed by atoms with Gasteiger partial charge in [0.25, 0.3) is 0 Å². The molecule has 6 heteroatoms. The topological polar surface area (TPSA) is 89.4 Å². The van der Waals surface area contributed by atoms with Gasteiger partial charge in [0, 0.05) is 27.8 Å². The predicted octanol–water partition coefficient (Wildman–Crippen LogP) is 11.7. The molecule has 2 N–H and O–H groups in total. The average molecular weight is 747 g/mol. The number of fused-ring (bicyclic) bond motifs is 1. The molecule has 58 heavy (non-hydrogen) atoms. The van der Waals surface area contributed by atoms with Gasteiger partial charge in [0.05, 0.1) is 6.54 Å². The van der Waals surface area contributed by atoms with E-state index in [4.69, 9.17) is 30.7 Å². The van der Waals surface area contributed by atoms with Crippen molar-refractivity contribution in [2.75, 3.05) is 0 Å². The molecule has 0 aliphatic rings. The SMILES string of the molecule is NC(=NC(=NCc1ccccc1)c1ccccc1)c1ccc(-c2ccc3ccc(-c4ccc(-c5nc(-c6ccccc6)nc(-c6ccccc6)n5)cc4)cc3c2)cc1. The maximum Gasteiger partial charge on any atom is 0.164 e. The Morgan fingerprint density at radius 2 is 0.793 bits per heavy atom. The first-order valence-corrected chi connectivity index (χ1v) is 19.2. The summed E-state index contributed by atoms with van der Waals surface area (Å²) >= 11 is 0. The Labute approximate surface area is 337 Å². The highest BCUT2D eigenvalue weighted by Crippen LogP contribution is 2.31. The Morgan fingerprint density at radius 1 is 0.379 bits per heavy atom. The Balaban J connectivity index is 0.966. The molecule has 9 rings (SSSR count). The molecular formula is C52H38N6. The average Bonchev–Trinajstić information content (AvgIpc) is 3.31. The summed E-state index contributed by atoms with van der Waals surface area (Å²) in [5, 5.41) is 2.33. The maximum atomic E-state index is 6.60. The lowest BCUT2D eigenvalue weighted by atomic mass is 9.96. The third-order valence-corrected chi connectivity index (χ3v) is 10.0. The number of aliphatic imine (C=N–C) groups is 2. The monoisotopic (exact) mass is 746 g/mol. The van der Waals surface area contributed by atoms with Crippen molar-refractivity contribution >= 4 is 22.4 Å². The van der Waals surface area contributed by atoms with Crippen molar-refractivity contribution in [3.63, 3.8) is 0 Å². The molecule has 0 atom stereocenters. The van der Waals surface area contributed by atoms with Crippen molar-refractivity contribution < 1.29 is 0 Å². The first kappa shape index (κ1) is 35.8. The predicted molar refractivity (Wildman–Crippen MR) is 238 cm³/mol. The van der Waals surface area contributed by atoms with Gasteiger partial charge in [0.1, 0.15) is 5.84 Å². The number of nitrogens with two attached hydrogens (primary N) is 1. The van der Waals surface area contributed by atoms with Gasteiger partial charge in [-0.3, -0.25) is 4.99 Å². The molecule has 6 nitrogen and oxygen atoms in total. The van der Waals surface area contributed by atoms with Crippen molar-refractivity contribution in [1.29, 1.82) is 0 Å². The van der Waals surface area contributed by atoms with E-state index in [0.29, 0.717) is 35.7 Å². The fourth-order valence-corrected chi connectivity index (χ4v) is 6.90. The van der Waals surface area contributed by atoms with Crippen LogP contribution in [0.3, 0.4) is 0 Å². The van der Waals surface area contributed by atoms with E-state index in [1.807, 2.05) is 121 Å². The molecule has 0 saturated carbocycles. The Morgan fingerprint density at radius 3 is 1.31 bits per heavy atom. The van der Waals surface area contributed by atoms with E-state index < -0.39 is 0 Å². The molecule has 0 fully saturated rings. The summed E-state index contributed by atoms with van der Waals surface area (Å²) < 4.78 is 0. The molecule has 0 bridgehead atoms. The smallest absolute Gasteiger partial charge is 0.164 e. The molecule has 9 aromatic rings. The molecule has 1 heterocycles. The third-order valence-electron chi connectivity index (χ3n) is 10.0. The molecule has 0 spiro atoms. The standard InChI is InChI=1S/C52H38N6/c53-48(55-49(41-15-7-2-8-16-41)54-35-36-13-5-1-6-14-36)40-27-21-37(22-28-40)45-31-25-39-26-32-46(34-47(39)33-45)38-23-29-44(30-24-38)52-57-50(42-17-9-3-10-18-42)56-51(58-52)43-19-11-4-12-20-43/h1-34H,35H2,(H2,53,54,55). The van der Waals surface area contributed by atoms with E-state index in [1.165, 1.54) is 5.39 Å². The van der Waals surface area contributed by atoms with Crippen LogP contribution in [0.15, 0.2) is 216 Å². The third kappa shape index (κ3) is 8.08. The summed E-state index contributed by atoms with van der Waals surface area (Å²) in [5.74, 6) is 2.94. The van der Waals surface area contributed by atoms with Gasteiger partial charge in [-0.2, -0.15) is 0 Å². The minimum atomic E-state index is 0.417. The highest BCUT2D eigenvalue weighted by Gasteiger charge is 2.13. The second kappa shape index (κ2) is 16.5. The van der Waals surface area contributed by atoms with Crippen LogP contribution in [0, 0.1) is 0 Å². The fraction of sp³-hybridized carbons (Fsp3) is 0.0192. The fourth-order valence-electron chi connectivity index (χ4n) is 6.90. The summed E-state index contributed by atoms with van der Waals surface area (Å²) in [6.45, 7) is 0.516. The summed E-state index contributed by atoms with van der Waals surface area (Å²) in [4.78, 5) is 24.3. The zero-order chi connectivity index (χ0) is 39.1. The van der Waals surface area contributed by atoms with Crippen LogP contribution in [-0.4, -0.2) is 26.6 Å². The number of hydrogen-bond donors (Lipinski definition) is 1. The van der Waals surface area contributed by atoms with E-state index >= 15 is 0 Å². The van der Waals surface area contributed by atoms with E-state index in [2.05, 4.69) is 84.9 Å². The van der Waals surface area contributed by atoms with Crippen LogP contribution >= 0.6 is 0 Å². The summed E-state index contributed by atoms with van der Waals surface area (Å²) in [6, 6.07) is 70.0. The van der Waals surface area contributed by atoms with Gasteiger partial charge in [0.15, 0.2) is 23.3 Å². The first-order chi connectivity index (χ1) is 28.6. The maximum absolute atomic E-state index is 6.60. The number of hydrogen-bond acceptors (Lipinski definition) is 4. The highest BCUT2D eigenvalue weighted by atomic mass is 15.0.